The second-order valence-electron chi connectivity index (χ2n) is 9.81. The Morgan fingerprint density at radius 2 is 1.97 bits per heavy atom. The number of hydrazine groups is 1. The summed E-state index contributed by atoms with van der Waals surface area (Å²) in [6.45, 7) is 4.97. The number of rotatable bonds is 9. The fourth-order valence-electron chi connectivity index (χ4n) is 5.59. The van der Waals surface area contributed by atoms with Crippen LogP contribution in [0.5, 0.6) is 0 Å². The van der Waals surface area contributed by atoms with Crippen molar-refractivity contribution >= 4 is 24.0 Å². The summed E-state index contributed by atoms with van der Waals surface area (Å²) >= 11 is 0. The topological polar surface area (TPSA) is 114 Å². The second-order valence-corrected chi connectivity index (χ2v) is 9.81. The molecule has 0 bridgehead atoms. The molecule has 4 rings (SSSR count). The minimum absolute atomic E-state index is 0.0854. The van der Waals surface area contributed by atoms with E-state index >= 15 is 4.39 Å². The molecule has 0 spiro atoms. The molecular formula is C23H36FN7O3. The maximum Gasteiger partial charge on any atom is 0.243 e. The molecular weight excluding hydrogens is 441 g/mol. The van der Waals surface area contributed by atoms with Crippen molar-refractivity contribution in [2.45, 2.75) is 64.3 Å². The summed E-state index contributed by atoms with van der Waals surface area (Å²) < 4.78 is 15.4. The number of fused-ring (bicyclic) bond motifs is 1. The van der Waals surface area contributed by atoms with Gasteiger partial charge in [0, 0.05) is 25.7 Å². The average Bonchev–Trinajstić information content (AvgIpc) is 3.36. The molecule has 1 aromatic rings. The SMILES string of the molecule is Cc1nc(NNC(=O)[C@H](CC2CCCC2)CN(O)C=O)c(F)c(N2CCN3CCCC[C@@H]3C2)n1. The number of piperidine rings is 1. The number of halogens is 1. The van der Waals surface area contributed by atoms with Gasteiger partial charge < -0.3 is 4.90 Å². The molecule has 3 N–H and O–H groups in total. The number of carbonyl (C=O) groups excluding carboxylic acids is 2. The third-order valence-electron chi connectivity index (χ3n) is 7.38. The van der Waals surface area contributed by atoms with Crippen LogP contribution in [0.4, 0.5) is 16.0 Å². The van der Waals surface area contributed by atoms with E-state index in [9.17, 15) is 14.8 Å². The molecule has 11 heteroatoms. The number of carbonyl (C=O) groups is 2. The maximum absolute atomic E-state index is 15.4. The molecule has 0 radical (unpaired) electrons. The largest absolute Gasteiger partial charge is 0.351 e. The summed E-state index contributed by atoms with van der Waals surface area (Å²) in [4.78, 5) is 36.7. The number of aromatic nitrogens is 2. The molecule has 188 valence electrons. The summed E-state index contributed by atoms with van der Waals surface area (Å²) in [6, 6.07) is 0.406. The summed E-state index contributed by atoms with van der Waals surface area (Å²) in [5, 5.41) is 10.1. The van der Waals surface area contributed by atoms with Gasteiger partial charge in [0.05, 0.1) is 12.5 Å². The number of hydroxylamine groups is 2. The third-order valence-corrected chi connectivity index (χ3v) is 7.38. The first-order valence-electron chi connectivity index (χ1n) is 12.4. The van der Waals surface area contributed by atoms with Crippen molar-refractivity contribution in [3.8, 4) is 0 Å². The second kappa shape index (κ2) is 11.3. The van der Waals surface area contributed by atoms with E-state index in [2.05, 4.69) is 25.7 Å². The number of amides is 2. The zero-order valence-electron chi connectivity index (χ0n) is 19.9. The normalized spacial score (nSPS) is 22.2. The van der Waals surface area contributed by atoms with Gasteiger partial charge in [-0.15, -0.1) is 0 Å². The Morgan fingerprint density at radius 3 is 2.74 bits per heavy atom. The quantitative estimate of drug-likeness (QED) is 0.281. The van der Waals surface area contributed by atoms with Gasteiger partial charge >= 0.3 is 0 Å². The first-order valence-corrected chi connectivity index (χ1v) is 12.4. The van der Waals surface area contributed by atoms with Gasteiger partial charge in [-0.1, -0.05) is 32.1 Å². The molecule has 1 aromatic heterocycles. The standard InChI is InChI=1S/C23H36FN7O3/c1-16-25-21(20(24)22(26-16)30-11-10-29-9-5-4-8-19(29)14-30)27-28-23(33)18(13-31(34)15-32)12-17-6-2-3-7-17/h15,17-19,34H,2-14H2,1H3,(H,28,33)(H,25,26,27)/t18-,19-/m1/s1. The summed E-state index contributed by atoms with van der Waals surface area (Å²) in [5.41, 5.74) is 5.18. The van der Waals surface area contributed by atoms with Gasteiger partial charge in [-0.25, -0.2) is 15.0 Å². The molecule has 10 nitrogen and oxygen atoms in total. The Kier molecular flexibility index (Phi) is 8.15. The summed E-state index contributed by atoms with van der Waals surface area (Å²) in [7, 11) is 0. The summed E-state index contributed by atoms with van der Waals surface area (Å²) in [5.74, 6) is -0.684. The molecule has 1 saturated carbocycles. The van der Waals surface area contributed by atoms with Crippen molar-refractivity contribution < 1.29 is 19.2 Å². The minimum Gasteiger partial charge on any atom is -0.351 e. The van der Waals surface area contributed by atoms with Gasteiger partial charge in [0.1, 0.15) is 5.82 Å². The first-order chi connectivity index (χ1) is 16.4. The van der Waals surface area contributed by atoms with Gasteiger partial charge in [0.2, 0.25) is 18.1 Å². The van der Waals surface area contributed by atoms with Crippen LogP contribution in [-0.4, -0.2) is 76.2 Å². The highest BCUT2D eigenvalue weighted by Crippen LogP contribution is 2.31. The smallest absolute Gasteiger partial charge is 0.243 e. The molecule has 1 aliphatic carbocycles. The fraction of sp³-hybridized carbons (Fsp3) is 0.739. The summed E-state index contributed by atoms with van der Waals surface area (Å²) in [6.07, 6.45) is 8.66. The molecule has 0 unspecified atom stereocenters. The Labute approximate surface area is 199 Å². The molecule has 0 aromatic carbocycles. The minimum atomic E-state index is -0.615. The van der Waals surface area contributed by atoms with E-state index in [1.54, 1.807) is 6.92 Å². The molecule has 2 saturated heterocycles. The van der Waals surface area contributed by atoms with Gasteiger partial charge in [0.25, 0.3) is 0 Å². The van der Waals surface area contributed by atoms with Crippen molar-refractivity contribution in [2.75, 3.05) is 43.0 Å². The number of piperazine rings is 1. The van der Waals surface area contributed by atoms with Crippen LogP contribution in [0.25, 0.3) is 0 Å². The van der Waals surface area contributed by atoms with Crippen LogP contribution in [0.1, 0.15) is 57.2 Å². The van der Waals surface area contributed by atoms with Gasteiger partial charge in [-0.2, -0.15) is 4.39 Å². The molecule has 3 heterocycles. The Bertz CT molecular complexity index is 867. The van der Waals surface area contributed by atoms with Crippen molar-refractivity contribution in [3.63, 3.8) is 0 Å². The highest BCUT2D eigenvalue weighted by Gasteiger charge is 2.32. The van der Waals surface area contributed by atoms with Crippen LogP contribution < -0.4 is 15.8 Å². The van der Waals surface area contributed by atoms with Gasteiger partial charge in [-0.3, -0.25) is 30.5 Å². The highest BCUT2D eigenvalue weighted by molar-refractivity contribution is 5.80. The van der Waals surface area contributed by atoms with E-state index in [4.69, 9.17) is 0 Å². The van der Waals surface area contributed by atoms with E-state index in [1.165, 1.54) is 12.8 Å². The number of nitrogens with zero attached hydrogens (tertiary/aromatic N) is 5. The highest BCUT2D eigenvalue weighted by atomic mass is 19.1. The van der Waals surface area contributed by atoms with Crippen LogP contribution in [0.3, 0.4) is 0 Å². The van der Waals surface area contributed by atoms with Crippen molar-refractivity contribution in [3.05, 3.63) is 11.6 Å². The van der Waals surface area contributed by atoms with E-state index < -0.39 is 17.6 Å². The van der Waals surface area contributed by atoms with Crippen LogP contribution in [-0.2, 0) is 9.59 Å². The lowest BCUT2D eigenvalue weighted by atomic mass is 9.92. The van der Waals surface area contributed by atoms with Crippen LogP contribution >= 0.6 is 0 Å². The number of anilines is 2. The average molecular weight is 478 g/mol. The lowest BCUT2D eigenvalue weighted by molar-refractivity contribution is -0.154. The lowest BCUT2D eigenvalue weighted by Crippen LogP contribution is -2.55. The number of hydrogen-bond acceptors (Lipinski definition) is 8. The molecule has 2 aliphatic heterocycles. The van der Waals surface area contributed by atoms with E-state index in [0.29, 0.717) is 35.8 Å². The Balaban J connectivity index is 1.42. The molecule has 2 atom stereocenters. The van der Waals surface area contributed by atoms with Crippen molar-refractivity contribution in [1.82, 2.24) is 25.4 Å². The number of aryl methyl sites for hydroxylation is 1. The fourth-order valence-corrected chi connectivity index (χ4v) is 5.59. The zero-order valence-corrected chi connectivity index (χ0v) is 19.9. The predicted molar refractivity (Wildman–Crippen MR) is 125 cm³/mol. The van der Waals surface area contributed by atoms with Crippen LogP contribution in [0, 0.1) is 24.6 Å². The number of nitrogens with one attached hydrogen (secondary N) is 2. The predicted octanol–water partition coefficient (Wildman–Crippen LogP) is 2.09. The van der Waals surface area contributed by atoms with Crippen LogP contribution in [0.2, 0.25) is 0 Å². The van der Waals surface area contributed by atoms with Crippen molar-refractivity contribution in [2.24, 2.45) is 11.8 Å². The Hall–Kier alpha value is -2.53. The molecule has 2 amide bonds. The van der Waals surface area contributed by atoms with E-state index in [1.807, 2.05) is 4.90 Å². The monoisotopic (exact) mass is 477 g/mol. The number of hydrogen-bond donors (Lipinski definition) is 3. The van der Waals surface area contributed by atoms with E-state index in [-0.39, 0.29) is 24.6 Å². The lowest BCUT2D eigenvalue weighted by Gasteiger charge is -2.44. The Morgan fingerprint density at radius 1 is 1.21 bits per heavy atom. The maximum atomic E-state index is 15.4. The van der Waals surface area contributed by atoms with Gasteiger partial charge in [0.15, 0.2) is 11.6 Å². The zero-order chi connectivity index (χ0) is 24.1. The van der Waals surface area contributed by atoms with E-state index in [0.717, 1.165) is 51.7 Å². The first kappa shape index (κ1) is 24.6. The molecule has 34 heavy (non-hydrogen) atoms. The molecule has 3 aliphatic rings. The van der Waals surface area contributed by atoms with Crippen molar-refractivity contribution in [1.29, 1.82) is 0 Å². The van der Waals surface area contributed by atoms with Gasteiger partial charge in [-0.05, 0) is 38.6 Å². The third kappa shape index (κ3) is 5.93. The van der Waals surface area contributed by atoms with Crippen LogP contribution in [0.15, 0.2) is 0 Å². The molecule has 3 fully saturated rings.